The smallest absolute Gasteiger partial charge is 0.250 e. The molecule has 3 aliphatic heterocycles. The van der Waals surface area contributed by atoms with Crippen LogP contribution < -0.4 is 10.6 Å². The molecule has 1 aromatic rings. The van der Waals surface area contributed by atoms with Crippen LogP contribution in [-0.4, -0.2) is 45.9 Å². The van der Waals surface area contributed by atoms with Crippen LogP contribution in [0.5, 0.6) is 0 Å². The van der Waals surface area contributed by atoms with E-state index in [1.165, 1.54) is 4.90 Å². The lowest BCUT2D eigenvalue weighted by molar-refractivity contribution is -0.145. The first-order chi connectivity index (χ1) is 13.1. The molecule has 8 heteroatoms. The molecule has 0 saturated carbocycles. The van der Waals surface area contributed by atoms with Gasteiger partial charge in [0.05, 0.1) is 17.9 Å². The first kappa shape index (κ1) is 19.4. The number of carbonyl (C=O) groups is 3. The monoisotopic (exact) mass is 405 g/mol. The Kier molecular flexibility index (Phi) is 4.34. The molecule has 1 spiro atoms. The number of hydrogen-bond acceptors (Lipinski definition) is 5. The molecule has 28 heavy (non-hydrogen) atoms. The van der Waals surface area contributed by atoms with Crippen molar-refractivity contribution in [1.82, 2.24) is 10.2 Å². The van der Waals surface area contributed by atoms with Crippen LogP contribution in [0.2, 0.25) is 5.02 Å². The van der Waals surface area contributed by atoms with Crippen LogP contribution in [0.1, 0.15) is 38.3 Å². The number of aliphatic hydroxyl groups excluding tert-OH is 1. The molecule has 3 heterocycles. The number of anilines is 1. The minimum Gasteiger partial charge on any atom is -0.392 e. The fourth-order valence-electron chi connectivity index (χ4n) is 5.02. The number of carbonyl (C=O) groups excluding carboxylic acids is 3. The largest absolute Gasteiger partial charge is 0.392 e. The van der Waals surface area contributed by atoms with E-state index < -0.39 is 35.4 Å². The van der Waals surface area contributed by atoms with E-state index in [0.29, 0.717) is 22.7 Å². The first-order valence-electron chi connectivity index (χ1n) is 9.59. The number of aliphatic hydroxyl groups is 1. The lowest BCUT2D eigenvalue weighted by Crippen LogP contribution is -2.55. The van der Waals surface area contributed by atoms with Crippen molar-refractivity contribution in [2.24, 2.45) is 11.8 Å². The van der Waals surface area contributed by atoms with E-state index in [4.69, 9.17) is 11.6 Å². The van der Waals surface area contributed by atoms with Gasteiger partial charge >= 0.3 is 0 Å². The van der Waals surface area contributed by atoms with Crippen LogP contribution in [0.25, 0.3) is 0 Å². The highest BCUT2D eigenvalue weighted by molar-refractivity contribution is 6.31. The summed E-state index contributed by atoms with van der Waals surface area (Å²) in [4.78, 5) is 41.1. The average Bonchev–Trinajstić information content (AvgIpc) is 3.21. The van der Waals surface area contributed by atoms with Crippen molar-refractivity contribution < 1.29 is 19.5 Å². The number of rotatable bonds is 3. The van der Waals surface area contributed by atoms with Crippen molar-refractivity contribution in [3.05, 3.63) is 28.3 Å². The number of nitrogens with zero attached hydrogens (tertiary/aromatic N) is 1. The number of likely N-dealkylation sites (tertiary alicyclic amines) is 1. The molecule has 3 aliphatic rings. The first-order valence-corrected chi connectivity index (χ1v) is 9.97. The highest BCUT2D eigenvalue weighted by atomic mass is 35.5. The second kappa shape index (κ2) is 6.27. The van der Waals surface area contributed by atoms with Gasteiger partial charge in [-0.2, -0.15) is 0 Å². The molecule has 2 saturated heterocycles. The predicted molar refractivity (Wildman–Crippen MR) is 104 cm³/mol. The lowest BCUT2D eigenvalue weighted by Gasteiger charge is -2.31. The number of halogens is 1. The van der Waals surface area contributed by atoms with E-state index in [-0.39, 0.29) is 17.9 Å². The van der Waals surface area contributed by atoms with Crippen molar-refractivity contribution in [3.8, 4) is 0 Å². The maximum absolute atomic E-state index is 13.4. The molecule has 0 bridgehead atoms. The molecule has 3 amide bonds. The van der Waals surface area contributed by atoms with Gasteiger partial charge in [0.1, 0.15) is 5.54 Å². The summed E-state index contributed by atoms with van der Waals surface area (Å²) >= 11 is 6.27. The zero-order chi connectivity index (χ0) is 20.5. The number of nitrogens with one attached hydrogen (secondary N) is 2. The third kappa shape index (κ3) is 2.27. The van der Waals surface area contributed by atoms with Crippen molar-refractivity contribution in [1.29, 1.82) is 0 Å². The Morgan fingerprint density at radius 2 is 1.93 bits per heavy atom. The third-order valence-corrected chi connectivity index (χ3v) is 6.72. The normalized spacial score (nSPS) is 33.3. The van der Waals surface area contributed by atoms with Gasteiger partial charge in [0.15, 0.2) is 0 Å². The Morgan fingerprint density at radius 3 is 2.54 bits per heavy atom. The van der Waals surface area contributed by atoms with Crippen LogP contribution >= 0.6 is 11.6 Å². The quantitative estimate of drug-likeness (QED) is 0.663. The zero-order valence-corrected chi connectivity index (χ0v) is 17.0. The highest BCUT2D eigenvalue weighted by Crippen LogP contribution is 2.54. The molecule has 4 rings (SSSR count). The summed E-state index contributed by atoms with van der Waals surface area (Å²) in [6.07, 6.45) is -0.303. The van der Waals surface area contributed by atoms with Crippen LogP contribution in [0, 0.1) is 18.8 Å². The molecule has 0 aromatic heterocycles. The second-order valence-corrected chi connectivity index (χ2v) is 8.56. The fraction of sp³-hybridized carbons (Fsp3) is 0.550. The molecule has 2 fully saturated rings. The minimum absolute atomic E-state index is 0.276. The lowest BCUT2D eigenvalue weighted by atomic mass is 9.76. The summed E-state index contributed by atoms with van der Waals surface area (Å²) in [6, 6.07) is 2.42. The van der Waals surface area contributed by atoms with Crippen LogP contribution in [0.4, 0.5) is 5.69 Å². The molecular weight excluding hydrogens is 382 g/mol. The predicted octanol–water partition coefficient (Wildman–Crippen LogP) is 1.55. The van der Waals surface area contributed by atoms with Gasteiger partial charge in [0.2, 0.25) is 17.7 Å². The average molecular weight is 406 g/mol. The molecule has 0 aliphatic carbocycles. The Bertz CT molecular complexity index is 902. The van der Waals surface area contributed by atoms with E-state index in [2.05, 4.69) is 10.6 Å². The molecule has 1 aromatic carbocycles. The van der Waals surface area contributed by atoms with Gasteiger partial charge < -0.3 is 10.4 Å². The Balaban J connectivity index is 1.94. The van der Waals surface area contributed by atoms with Crippen molar-refractivity contribution in [2.45, 2.75) is 57.8 Å². The Hall–Kier alpha value is -1.96. The summed E-state index contributed by atoms with van der Waals surface area (Å²) in [5.74, 6) is -2.83. The van der Waals surface area contributed by atoms with Gasteiger partial charge in [-0.3, -0.25) is 24.6 Å². The fourth-order valence-corrected chi connectivity index (χ4v) is 5.29. The van der Waals surface area contributed by atoms with Gasteiger partial charge in [-0.1, -0.05) is 18.5 Å². The molecule has 3 N–H and O–H groups in total. The van der Waals surface area contributed by atoms with Crippen molar-refractivity contribution >= 4 is 35.0 Å². The van der Waals surface area contributed by atoms with Gasteiger partial charge in [0, 0.05) is 28.4 Å². The number of imide groups is 1. The van der Waals surface area contributed by atoms with Crippen LogP contribution in [-0.2, 0) is 19.9 Å². The molecule has 7 nitrogen and oxygen atoms in total. The number of hydrogen-bond donors (Lipinski definition) is 3. The highest BCUT2D eigenvalue weighted by Gasteiger charge is 2.71. The molecular formula is C20H24ClN3O4. The topological polar surface area (TPSA) is 98.7 Å². The molecule has 150 valence electrons. The van der Waals surface area contributed by atoms with E-state index in [1.54, 1.807) is 19.1 Å². The summed E-state index contributed by atoms with van der Waals surface area (Å²) in [7, 11) is 0. The summed E-state index contributed by atoms with van der Waals surface area (Å²) < 4.78 is 0. The number of amides is 3. The maximum Gasteiger partial charge on any atom is 0.250 e. The van der Waals surface area contributed by atoms with Gasteiger partial charge in [-0.05, 0) is 44.9 Å². The maximum atomic E-state index is 13.4. The molecule has 0 radical (unpaired) electrons. The van der Waals surface area contributed by atoms with Crippen molar-refractivity contribution in [2.75, 3.05) is 5.32 Å². The van der Waals surface area contributed by atoms with E-state index in [9.17, 15) is 19.5 Å². The third-order valence-electron chi connectivity index (χ3n) is 6.51. The Morgan fingerprint density at radius 1 is 1.25 bits per heavy atom. The van der Waals surface area contributed by atoms with Crippen molar-refractivity contribution in [3.63, 3.8) is 0 Å². The van der Waals surface area contributed by atoms with E-state index in [0.717, 1.165) is 5.56 Å². The van der Waals surface area contributed by atoms with Crippen LogP contribution in [0.15, 0.2) is 12.1 Å². The molecule has 0 unspecified atom stereocenters. The van der Waals surface area contributed by atoms with Gasteiger partial charge in [0.25, 0.3) is 0 Å². The van der Waals surface area contributed by atoms with Crippen LogP contribution in [0.3, 0.4) is 0 Å². The summed E-state index contributed by atoms with van der Waals surface area (Å²) in [5, 5.41) is 16.9. The number of aryl methyl sites for hydroxylation is 1. The SMILES string of the molecule is CC[C@H](C)N1C(=O)[C@@H]2[C@H]([C@H](C)O)N[C@]3(C(=O)Nc4c(C)cc(Cl)cc43)[C@H]2C1=O. The Labute approximate surface area is 168 Å². The van der Waals surface area contributed by atoms with E-state index in [1.807, 2.05) is 20.8 Å². The summed E-state index contributed by atoms with van der Waals surface area (Å²) in [5.41, 5.74) is 0.524. The number of benzene rings is 1. The summed E-state index contributed by atoms with van der Waals surface area (Å²) in [6.45, 7) is 7.11. The zero-order valence-electron chi connectivity index (χ0n) is 16.2. The standard InChI is InChI=1S/C20H24ClN3O4/c1-5-9(3)24-17(26)13-14(18(24)27)20(23-16(13)10(4)25)12-7-11(21)6-8(2)15(12)22-19(20)28/h6-7,9-10,13-14,16,23,25H,5H2,1-4H3,(H,22,28)/t9-,10-,13-,14+,16-,20-/m0/s1. The van der Waals surface area contributed by atoms with Gasteiger partial charge in [-0.15, -0.1) is 0 Å². The molecule has 6 atom stereocenters. The van der Waals surface area contributed by atoms with E-state index >= 15 is 0 Å². The second-order valence-electron chi connectivity index (χ2n) is 8.13. The minimum atomic E-state index is -1.42. The number of fused-ring (bicyclic) bond motifs is 4. The van der Waals surface area contributed by atoms with Gasteiger partial charge in [-0.25, -0.2) is 0 Å².